The second kappa shape index (κ2) is 11.3. The van der Waals surface area contributed by atoms with Gasteiger partial charge in [-0.15, -0.1) is 0 Å². The lowest BCUT2D eigenvalue weighted by Gasteiger charge is -2.37. The van der Waals surface area contributed by atoms with Crippen molar-refractivity contribution in [1.29, 1.82) is 0 Å². The first kappa shape index (κ1) is 24.8. The minimum atomic E-state index is -0.668. The van der Waals surface area contributed by atoms with Crippen LogP contribution in [0.5, 0.6) is 0 Å². The average Bonchev–Trinajstić information content (AvgIpc) is 3.22. The normalized spacial score (nSPS) is 18.2. The minimum absolute atomic E-state index is 0.0975. The molecule has 0 spiro atoms. The van der Waals surface area contributed by atoms with E-state index in [4.69, 9.17) is 0 Å². The Hall–Kier alpha value is -2.83. The molecule has 180 valence electrons. The topological polar surface area (TPSA) is 90.1 Å². The Labute approximate surface area is 197 Å². The van der Waals surface area contributed by atoms with Crippen LogP contribution in [-0.4, -0.2) is 45.3 Å². The van der Waals surface area contributed by atoms with Gasteiger partial charge in [-0.05, 0) is 57.6 Å². The van der Waals surface area contributed by atoms with Crippen LogP contribution in [0.1, 0.15) is 78.1 Å². The fourth-order valence-electron chi connectivity index (χ4n) is 4.38. The zero-order chi connectivity index (χ0) is 24.0. The Morgan fingerprint density at radius 1 is 1.21 bits per heavy atom. The van der Waals surface area contributed by atoms with Crippen LogP contribution in [-0.2, 0) is 9.59 Å². The lowest BCUT2D eigenvalue weighted by Crippen LogP contribution is -2.49. The number of fused-ring (bicyclic) bond motifs is 1. The van der Waals surface area contributed by atoms with Gasteiger partial charge in [0.1, 0.15) is 11.9 Å². The molecule has 1 aromatic heterocycles. The Bertz CT molecular complexity index is 933. The largest absolute Gasteiger partial charge is 0.373 e. The zero-order valence-electron chi connectivity index (χ0n) is 20.5. The molecule has 1 aliphatic rings. The van der Waals surface area contributed by atoms with E-state index in [0.717, 1.165) is 42.5 Å². The first-order valence-corrected chi connectivity index (χ1v) is 12.2. The molecule has 7 nitrogen and oxygen atoms in total. The summed E-state index contributed by atoms with van der Waals surface area (Å²) in [5, 5.41) is 6.01. The van der Waals surface area contributed by atoms with Crippen molar-refractivity contribution in [2.45, 2.75) is 84.3 Å². The number of nitrogens with one attached hydrogen (secondary N) is 3. The first-order valence-electron chi connectivity index (χ1n) is 12.2. The molecule has 3 N–H and O–H groups in total. The number of H-pyrrole nitrogens is 1. The Morgan fingerprint density at radius 3 is 2.67 bits per heavy atom. The van der Waals surface area contributed by atoms with E-state index in [-0.39, 0.29) is 17.9 Å². The fraction of sp³-hybridized carbons (Fsp3) is 0.577. The highest BCUT2D eigenvalue weighted by Gasteiger charge is 2.27. The van der Waals surface area contributed by atoms with Gasteiger partial charge in [-0.3, -0.25) is 9.59 Å². The van der Waals surface area contributed by atoms with Gasteiger partial charge < -0.3 is 20.5 Å². The van der Waals surface area contributed by atoms with Crippen LogP contribution >= 0.6 is 0 Å². The van der Waals surface area contributed by atoms with Crippen LogP contribution in [0.2, 0.25) is 0 Å². The van der Waals surface area contributed by atoms with Crippen LogP contribution in [0.15, 0.2) is 36.5 Å². The molecule has 1 aromatic carbocycles. The van der Waals surface area contributed by atoms with E-state index in [1.165, 1.54) is 6.42 Å². The van der Waals surface area contributed by atoms with E-state index in [0.29, 0.717) is 30.6 Å². The number of para-hydroxylation sites is 2. The molecule has 0 radical (unpaired) electrons. The molecule has 0 saturated carbocycles. The van der Waals surface area contributed by atoms with Gasteiger partial charge in [-0.1, -0.05) is 32.6 Å². The number of carbonyl (C=O) groups is 2. The molecular weight excluding hydrogens is 414 g/mol. The highest BCUT2D eigenvalue weighted by Crippen LogP contribution is 2.23. The minimum Gasteiger partial charge on any atom is -0.373 e. The molecule has 1 fully saturated rings. The number of benzene rings is 1. The van der Waals surface area contributed by atoms with Crippen molar-refractivity contribution >= 4 is 22.8 Å². The van der Waals surface area contributed by atoms with Crippen LogP contribution < -0.4 is 10.6 Å². The van der Waals surface area contributed by atoms with Gasteiger partial charge in [0.15, 0.2) is 0 Å². The molecule has 7 heteroatoms. The molecule has 2 heterocycles. The van der Waals surface area contributed by atoms with Crippen LogP contribution in [0, 0.1) is 5.92 Å². The summed E-state index contributed by atoms with van der Waals surface area (Å²) in [6.45, 7) is 13.5. The molecule has 2 amide bonds. The third-order valence-electron chi connectivity index (χ3n) is 6.43. The van der Waals surface area contributed by atoms with E-state index in [1.54, 1.807) is 0 Å². The Morgan fingerprint density at radius 2 is 1.97 bits per heavy atom. The monoisotopic (exact) mass is 453 g/mol. The summed E-state index contributed by atoms with van der Waals surface area (Å²) in [5.74, 6) is 0.810. The number of piperidine rings is 1. The SMILES string of the molecule is C=C(C[C@H](NC(=O)CCC(C)C)C(=O)N[C@H](C)c1nc2ccccc2[nH]1)N1CCCC[C@@H]1C. The summed E-state index contributed by atoms with van der Waals surface area (Å²) < 4.78 is 0. The molecule has 1 saturated heterocycles. The lowest BCUT2D eigenvalue weighted by molar-refractivity contribution is -0.129. The predicted octanol–water partition coefficient (Wildman–Crippen LogP) is 4.44. The molecule has 3 atom stereocenters. The maximum Gasteiger partial charge on any atom is 0.243 e. The average molecular weight is 454 g/mol. The summed E-state index contributed by atoms with van der Waals surface area (Å²) in [7, 11) is 0. The van der Waals surface area contributed by atoms with E-state index in [9.17, 15) is 9.59 Å². The number of imidazole rings is 1. The number of carbonyl (C=O) groups excluding carboxylic acids is 2. The predicted molar refractivity (Wildman–Crippen MR) is 132 cm³/mol. The molecule has 33 heavy (non-hydrogen) atoms. The van der Waals surface area contributed by atoms with E-state index in [1.807, 2.05) is 31.2 Å². The second-order valence-electron chi connectivity index (χ2n) is 9.73. The van der Waals surface area contributed by atoms with Crippen molar-refractivity contribution in [2.24, 2.45) is 5.92 Å². The molecule has 3 rings (SSSR count). The van der Waals surface area contributed by atoms with Crippen LogP contribution in [0.25, 0.3) is 11.0 Å². The number of aromatic amines is 1. The van der Waals surface area contributed by atoms with Gasteiger partial charge in [0.05, 0.1) is 17.1 Å². The van der Waals surface area contributed by atoms with Gasteiger partial charge in [0.25, 0.3) is 0 Å². The second-order valence-corrected chi connectivity index (χ2v) is 9.73. The number of rotatable bonds is 10. The molecule has 0 unspecified atom stereocenters. The number of hydrogen-bond donors (Lipinski definition) is 3. The van der Waals surface area contributed by atoms with Gasteiger partial charge >= 0.3 is 0 Å². The van der Waals surface area contributed by atoms with E-state index < -0.39 is 6.04 Å². The van der Waals surface area contributed by atoms with Crippen molar-refractivity contribution in [3.8, 4) is 0 Å². The van der Waals surface area contributed by atoms with Gasteiger partial charge in [-0.2, -0.15) is 0 Å². The maximum atomic E-state index is 13.3. The standard InChI is InChI=1S/C26H39N5O2/c1-17(2)13-14-24(32)28-23(16-19(4)31-15-9-8-10-18(31)3)26(33)27-20(5)25-29-21-11-6-7-12-22(21)30-25/h6-7,11-12,17-18,20,23H,4,8-10,13-16H2,1-3,5H3,(H,27,33)(H,28,32)(H,29,30)/t18-,20+,23-/m0/s1. The molecular formula is C26H39N5O2. The van der Waals surface area contributed by atoms with Crippen molar-refractivity contribution in [1.82, 2.24) is 25.5 Å². The first-order chi connectivity index (χ1) is 15.7. The van der Waals surface area contributed by atoms with Crippen molar-refractivity contribution in [3.05, 3.63) is 42.4 Å². The number of amides is 2. The van der Waals surface area contributed by atoms with E-state index >= 15 is 0 Å². The zero-order valence-corrected chi connectivity index (χ0v) is 20.5. The highest BCUT2D eigenvalue weighted by molar-refractivity contribution is 5.88. The number of nitrogens with zero attached hydrogens (tertiary/aromatic N) is 2. The smallest absolute Gasteiger partial charge is 0.243 e. The summed E-state index contributed by atoms with van der Waals surface area (Å²) in [4.78, 5) is 36.0. The fourth-order valence-corrected chi connectivity index (χ4v) is 4.38. The molecule has 1 aliphatic heterocycles. The Balaban J connectivity index is 1.69. The number of hydrogen-bond acceptors (Lipinski definition) is 4. The number of aromatic nitrogens is 2. The summed E-state index contributed by atoms with van der Waals surface area (Å²) in [5.41, 5.74) is 2.70. The quantitative estimate of drug-likeness (QED) is 0.496. The van der Waals surface area contributed by atoms with Gasteiger partial charge in [-0.25, -0.2) is 4.98 Å². The van der Waals surface area contributed by atoms with Crippen molar-refractivity contribution < 1.29 is 9.59 Å². The number of likely N-dealkylation sites (tertiary alicyclic amines) is 1. The third-order valence-corrected chi connectivity index (χ3v) is 6.43. The maximum absolute atomic E-state index is 13.3. The Kier molecular flexibility index (Phi) is 8.53. The third kappa shape index (κ3) is 6.83. The summed E-state index contributed by atoms with van der Waals surface area (Å²) >= 11 is 0. The van der Waals surface area contributed by atoms with Gasteiger partial charge in [0, 0.05) is 31.1 Å². The summed E-state index contributed by atoms with van der Waals surface area (Å²) in [6, 6.07) is 7.20. The van der Waals surface area contributed by atoms with Crippen LogP contribution in [0.4, 0.5) is 0 Å². The molecule has 2 aromatic rings. The lowest BCUT2D eigenvalue weighted by atomic mass is 10.0. The van der Waals surface area contributed by atoms with E-state index in [2.05, 4.69) is 52.9 Å². The highest BCUT2D eigenvalue weighted by atomic mass is 16.2. The molecule has 0 aliphatic carbocycles. The van der Waals surface area contributed by atoms with Crippen molar-refractivity contribution in [2.75, 3.05) is 6.54 Å². The molecule has 0 bridgehead atoms. The van der Waals surface area contributed by atoms with Gasteiger partial charge in [0.2, 0.25) is 11.8 Å². The summed E-state index contributed by atoms with van der Waals surface area (Å²) in [6.07, 6.45) is 5.07. The van der Waals surface area contributed by atoms with Crippen LogP contribution in [0.3, 0.4) is 0 Å². The van der Waals surface area contributed by atoms with Crippen molar-refractivity contribution in [3.63, 3.8) is 0 Å².